The van der Waals surface area contributed by atoms with Gasteiger partial charge in [0.1, 0.15) is 5.82 Å². The predicted octanol–water partition coefficient (Wildman–Crippen LogP) is 3.72. The summed E-state index contributed by atoms with van der Waals surface area (Å²) in [5.41, 5.74) is 1.23. The highest BCUT2D eigenvalue weighted by Crippen LogP contribution is 2.45. The number of fused-ring (bicyclic) bond motifs is 1. The van der Waals surface area contributed by atoms with E-state index in [2.05, 4.69) is 4.90 Å². The molecule has 4 N–H and O–H groups in total. The van der Waals surface area contributed by atoms with Crippen LogP contribution in [0.5, 0.6) is 11.5 Å². The fourth-order valence-electron chi connectivity index (χ4n) is 3.05. The van der Waals surface area contributed by atoms with Crippen LogP contribution >= 0.6 is 11.8 Å². The van der Waals surface area contributed by atoms with E-state index < -0.39 is 35.1 Å². The Bertz CT molecular complexity index is 1090. The normalized spacial score (nSPS) is 13.7. The Morgan fingerprint density at radius 3 is 2.15 bits per heavy atom. The number of carboxylic acids is 2. The average molecular weight is 485 g/mol. The highest BCUT2D eigenvalue weighted by molar-refractivity contribution is 7.99. The monoisotopic (exact) mass is 485 g/mol. The number of hydrogen-bond donors (Lipinski definition) is 4. The second-order valence-electron chi connectivity index (χ2n) is 7.24. The van der Waals surface area contributed by atoms with Crippen LogP contribution in [-0.2, 0) is 22.4 Å². The van der Waals surface area contributed by atoms with Crippen LogP contribution in [0.15, 0.2) is 34.1 Å². The Kier molecular flexibility index (Phi) is 8.77. The fourth-order valence-corrected chi connectivity index (χ4v) is 4.17. The van der Waals surface area contributed by atoms with Crippen LogP contribution in [-0.4, -0.2) is 57.4 Å². The molecule has 2 aromatic carbocycles. The maximum atomic E-state index is 14.2. The first-order valence-corrected chi connectivity index (χ1v) is 10.4. The van der Waals surface area contributed by atoms with E-state index in [9.17, 15) is 33.0 Å². The number of nitrogens with zero attached hydrogens (tertiary/aromatic N) is 1. The molecule has 0 radical (unpaired) electrons. The Morgan fingerprint density at radius 2 is 1.58 bits per heavy atom. The Balaban J connectivity index is 0.000000414. The number of carboxylic acid groups (broad SMARTS) is 2. The number of hydrogen-bond acceptors (Lipinski definition) is 6. The number of likely N-dealkylation sites (N-methyl/N-ethyl adjacent to an activating group) is 1. The Labute approximate surface area is 191 Å². The minimum Gasteiger partial charge on any atom is -0.504 e. The quantitative estimate of drug-likeness (QED) is 0.294. The van der Waals surface area contributed by atoms with Crippen molar-refractivity contribution in [3.05, 3.63) is 58.4 Å². The van der Waals surface area contributed by atoms with E-state index in [1.165, 1.54) is 6.07 Å². The summed E-state index contributed by atoms with van der Waals surface area (Å²) in [6.07, 6.45) is 2.36. The molecule has 0 aliphatic carbocycles. The minimum atomic E-state index is -1.26. The molecule has 0 fully saturated rings. The number of halogens is 3. The molecule has 1 heterocycles. The number of phenols is 2. The van der Waals surface area contributed by atoms with Gasteiger partial charge < -0.3 is 25.3 Å². The van der Waals surface area contributed by atoms with Crippen LogP contribution in [0, 0.1) is 24.4 Å². The molecule has 0 bridgehead atoms. The first-order valence-electron chi connectivity index (χ1n) is 9.63. The highest BCUT2D eigenvalue weighted by atomic mass is 32.2. The van der Waals surface area contributed by atoms with Crippen LogP contribution in [0.2, 0.25) is 0 Å². The maximum Gasteiger partial charge on any atom is 0.328 e. The van der Waals surface area contributed by atoms with Gasteiger partial charge in [-0.1, -0.05) is 11.8 Å². The summed E-state index contributed by atoms with van der Waals surface area (Å²) < 4.78 is 41.9. The minimum absolute atomic E-state index is 0.242. The molecule has 2 aromatic rings. The molecule has 0 saturated carbocycles. The maximum absolute atomic E-state index is 14.2. The van der Waals surface area contributed by atoms with Gasteiger partial charge in [-0.2, -0.15) is 0 Å². The lowest BCUT2D eigenvalue weighted by Gasteiger charge is -2.16. The summed E-state index contributed by atoms with van der Waals surface area (Å²) in [4.78, 5) is 21.2. The zero-order valence-corrected chi connectivity index (χ0v) is 18.5. The third-order valence-electron chi connectivity index (χ3n) is 4.87. The Morgan fingerprint density at radius 1 is 1.00 bits per heavy atom. The van der Waals surface area contributed by atoms with Gasteiger partial charge in [0.05, 0.1) is 9.79 Å². The lowest BCUT2D eigenvalue weighted by Crippen LogP contribution is -2.20. The molecule has 0 spiro atoms. The SMILES string of the molecule is Cc1c(F)cc(Sc2c(O)c(O)cc3c2CCN(C)CC3)c(F)c1F.O=C(O)C=CC(=O)O. The number of aromatic hydroxyl groups is 2. The van der Waals surface area contributed by atoms with Crippen LogP contribution < -0.4 is 0 Å². The highest BCUT2D eigenvalue weighted by Gasteiger charge is 2.24. The molecule has 7 nitrogen and oxygen atoms in total. The third kappa shape index (κ3) is 6.65. The molecule has 0 unspecified atom stereocenters. The molecule has 33 heavy (non-hydrogen) atoms. The van der Waals surface area contributed by atoms with Gasteiger partial charge in [0.15, 0.2) is 23.1 Å². The summed E-state index contributed by atoms with van der Waals surface area (Å²) in [6, 6.07) is 2.41. The van der Waals surface area contributed by atoms with Crippen molar-refractivity contribution >= 4 is 23.7 Å². The Hall–Kier alpha value is -3.18. The third-order valence-corrected chi connectivity index (χ3v) is 6.03. The molecule has 178 valence electrons. The van der Waals surface area contributed by atoms with Crippen molar-refractivity contribution in [3.63, 3.8) is 0 Å². The van der Waals surface area contributed by atoms with E-state index in [-0.39, 0.29) is 21.1 Å². The van der Waals surface area contributed by atoms with Crippen molar-refractivity contribution in [1.29, 1.82) is 0 Å². The van der Waals surface area contributed by atoms with Crippen LogP contribution in [0.3, 0.4) is 0 Å². The topological polar surface area (TPSA) is 118 Å². The van der Waals surface area contributed by atoms with Crippen LogP contribution in [0.4, 0.5) is 13.2 Å². The van der Waals surface area contributed by atoms with E-state index >= 15 is 0 Å². The van der Waals surface area contributed by atoms with Crippen molar-refractivity contribution < 1.29 is 43.2 Å². The fraction of sp³-hybridized carbons (Fsp3) is 0.273. The molecule has 1 aliphatic heterocycles. The summed E-state index contributed by atoms with van der Waals surface area (Å²) in [7, 11) is 1.96. The first kappa shape index (κ1) is 26.1. The summed E-state index contributed by atoms with van der Waals surface area (Å²) >= 11 is 0.734. The smallest absolute Gasteiger partial charge is 0.328 e. The second kappa shape index (κ2) is 11.1. The predicted molar refractivity (Wildman–Crippen MR) is 114 cm³/mol. The van der Waals surface area contributed by atoms with E-state index in [0.29, 0.717) is 25.0 Å². The molecule has 1 aliphatic rings. The largest absolute Gasteiger partial charge is 0.504 e. The number of benzene rings is 2. The van der Waals surface area contributed by atoms with Gasteiger partial charge in [0.25, 0.3) is 0 Å². The molecular weight excluding hydrogens is 463 g/mol. The lowest BCUT2D eigenvalue weighted by atomic mass is 10.0. The molecule has 0 amide bonds. The molecule has 3 rings (SSSR count). The van der Waals surface area contributed by atoms with Crippen molar-refractivity contribution in [2.45, 2.75) is 29.6 Å². The van der Waals surface area contributed by atoms with E-state index in [4.69, 9.17) is 10.2 Å². The molecule has 0 aromatic heterocycles. The number of phenolic OH excluding ortho intramolecular Hbond substituents is 2. The van der Waals surface area contributed by atoms with Crippen molar-refractivity contribution in [2.75, 3.05) is 20.1 Å². The summed E-state index contributed by atoms with van der Waals surface area (Å²) in [6.45, 7) is 2.67. The number of carbonyl (C=O) groups is 2. The van der Waals surface area contributed by atoms with Gasteiger partial charge in [-0.15, -0.1) is 0 Å². The van der Waals surface area contributed by atoms with Gasteiger partial charge in [0.2, 0.25) is 0 Å². The van der Waals surface area contributed by atoms with E-state index in [1.807, 2.05) is 7.05 Å². The molecule has 11 heteroatoms. The summed E-state index contributed by atoms with van der Waals surface area (Å²) in [5.74, 6) is -6.49. The van der Waals surface area contributed by atoms with Crippen molar-refractivity contribution in [1.82, 2.24) is 4.90 Å². The zero-order chi connectivity index (χ0) is 24.9. The molecule has 0 atom stereocenters. The van der Waals surface area contributed by atoms with Gasteiger partial charge >= 0.3 is 11.9 Å². The molecular formula is C22H22F3NO6S. The van der Waals surface area contributed by atoms with Gasteiger partial charge in [-0.05, 0) is 50.1 Å². The van der Waals surface area contributed by atoms with Crippen LogP contribution in [0.1, 0.15) is 16.7 Å². The van der Waals surface area contributed by atoms with Crippen LogP contribution in [0.25, 0.3) is 0 Å². The van der Waals surface area contributed by atoms with Gasteiger partial charge in [-0.25, -0.2) is 22.8 Å². The van der Waals surface area contributed by atoms with Crippen molar-refractivity contribution in [3.8, 4) is 11.5 Å². The first-order chi connectivity index (χ1) is 15.4. The molecule has 0 saturated heterocycles. The second-order valence-corrected chi connectivity index (χ2v) is 8.29. The van der Waals surface area contributed by atoms with Crippen molar-refractivity contribution in [2.24, 2.45) is 0 Å². The average Bonchev–Trinajstić information content (AvgIpc) is 2.93. The van der Waals surface area contributed by atoms with E-state index in [0.717, 1.165) is 49.0 Å². The van der Waals surface area contributed by atoms with Gasteiger partial charge in [-0.3, -0.25) is 0 Å². The number of rotatable bonds is 4. The number of aliphatic carboxylic acids is 2. The van der Waals surface area contributed by atoms with Gasteiger partial charge in [0, 0.05) is 30.8 Å². The van der Waals surface area contributed by atoms with E-state index in [1.54, 1.807) is 0 Å². The lowest BCUT2D eigenvalue weighted by molar-refractivity contribution is -0.134. The summed E-state index contributed by atoms with van der Waals surface area (Å²) in [5, 5.41) is 35.9. The standard InChI is InChI=1S/C18H18F3NO2S.C4H4O4/c1-9-12(19)8-14(16(21)15(9)20)25-18-11-4-6-22(2)5-3-10(11)7-13(23)17(18)24;5-3(6)1-2-4(7)8/h7-8,23-24H,3-6H2,1-2H3;1-2H,(H,5,6)(H,7,8). The zero-order valence-electron chi connectivity index (χ0n) is 17.7.